The maximum Gasteiger partial charge on any atom is 0.416 e. The van der Waals surface area contributed by atoms with Gasteiger partial charge in [-0.1, -0.05) is 12.5 Å². The molecule has 1 amide bonds. The van der Waals surface area contributed by atoms with Crippen LogP contribution in [-0.4, -0.2) is 37.6 Å². The van der Waals surface area contributed by atoms with E-state index in [-0.39, 0.29) is 17.5 Å². The lowest BCUT2D eigenvalue weighted by Crippen LogP contribution is -2.40. The van der Waals surface area contributed by atoms with Gasteiger partial charge in [0.15, 0.2) is 0 Å². The third-order valence-corrected chi connectivity index (χ3v) is 6.13. The van der Waals surface area contributed by atoms with Crippen molar-refractivity contribution in [2.24, 2.45) is 0 Å². The minimum Gasteiger partial charge on any atom is -0.496 e. The van der Waals surface area contributed by atoms with Crippen LogP contribution in [0.1, 0.15) is 57.9 Å². The largest absolute Gasteiger partial charge is 0.496 e. The van der Waals surface area contributed by atoms with Crippen molar-refractivity contribution in [2.45, 2.75) is 45.3 Å². The molecule has 4 nitrogen and oxygen atoms in total. The lowest BCUT2D eigenvalue weighted by Gasteiger charge is -2.37. The van der Waals surface area contributed by atoms with Crippen molar-refractivity contribution in [3.63, 3.8) is 0 Å². The Bertz CT molecular complexity index is 910. The van der Waals surface area contributed by atoms with Gasteiger partial charge in [-0.05, 0) is 80.3 Å². The average molecular weight is 435 g/mol. The van der Waals surface area contributed by atoms with E-state index in [1.54, 1.807) is 7.11 Å². The first-order valence-electron chi connectivity index (χ1n) is 10.6. The molecule has 168 valence electrons. The first-order valence-corrected chi connectivity index (χ1v) is 10.6. The van der Waals surface area contributed by atoms with Crippen molar-refractivity contribution in [1.29, 1.82) is 0 Å². The van der Waals surface area contributed by atoms with E-state index in [1.807, 2.05) is 6.07 Å². The molecule has 1 atom stereocenters. The van der Waals surface area contributed by atoms with Crippen molar-refractivity contribution < 1.29 is 22.7 Å². The van der Waals surface area contributed by atoms with Crippen LogP contribution in [-0.2, 0) is 6.18 Å². The molecular formula is C24H29F3N2O2. The molecule has 7 heteroatoms. The summed E-state index contributed by atoms with van der Waals surface area (Å²) in [7, 11) is 1.67. The zero-order valence-electron chi connectivity index (χ0n) is 18.2. The molecule has 1 heterocycles. The molecule has 0 aromatic heterocycles. The Morgan fingerprint density at radius 2 is 1.81 bits per heavy atom. The number of likely N-dealkylation sites (tertiary alicyclic amines) is 1. The number of carbonyl (C=O) groups excluding carboxylic acids is 1. The van der Waals surface area contributed by atoms with Crippen molar-refractivity contribution >= 4 is 5.91 Å². The van der Waals surface area contributed by atoms with Crippen LogP contribution in [0, 0.1) is 13.8 Å². The van der Waals surface area contributed by atoms with Gasteiger partial charge < -0.3 is 10.1 Å². The van der Waals surface area contributed by atoms with Crippen molar-refractivity contribution in [2.75, 3.05) is 26.7 Å². The molecule has 0 saturated carbocycles. The van der Waals surface area contributed by atoms with E-state index in [9.17, 15) is 18.0 Å². The number of piperidine rings is 1. The highest BCUT2D eigenvalue weighted by Crippen LogP contribution is 2.35. The number of nitrogens with one attached hydrogen (secondary N) is 1. The lowest BCUT2D eigenvalue weighted by molar-refractivity contribution is -0.137. The van der Waals surface area contributed by atoms with E-state index >= 15 is 0 Å². The molecule has 1 fully saturated rings. The fourth-order valence-corrected chi connectivity index (χ4v) is 4.24. The number of amides is 1. The molecule has 1 N–H and O–H groups in total. The summed E-state index contributed by atoms with van der Waals surface area (Å²) in [6, 6.07) is 8.72. The average Bonchev–Trinajstić information content (AvgIpc) is 2.75. The first kappa shape index (κ1) is 23.1. The Kier molecular flexibility index (Phi) is 7.26. The molecule has 0 bridgehead atoms. The molecule has 1 unspecified atom stereocenters. The molecule has 2 aromatic carbocycles. The zero-order chi connectivity index (χ0) is 22.6. The first-order chi connectivity index (χ1) is 14.7. The third kappa shape index (κ3) is 5.39. The predicted molar refractivity (Wildman–Crippen MR) is 114 cm³/mol. The van der Waals surface area contributed by atoms with E-state index < -0.39 is 11.7 Å². The van der Waals surface area contributed by atoms with Crippen LogP contribution in [0.5, 0.6) is 5.75 Å². The van der Waals surface area contributed by atoms with Crippen LogP contribution in [0.3, 0.4) is 0 Å². The number of hydrogen-bond donors (Lipinski definition) is 1. The molecule has 3 rings (SSSR count). The number of methoxy groups -OCH3 is 1. The molecule has 31 heavy (non-hydrogen) atoms. The van der Waals surface area contributed by atoms with Gasteiger partial charge in [-0.2, -0.15) is 13.2 Å². The van der Waals surface area contributed by atoms with E-state index in [1.165, 1.54) is 23.3 Å². The van der Waals surface area contributed by atoms with Gasteiger partial charge in [-0.3, -0.25) is 9.69 Å². The number of carbonyl (C=O) groups is 1. The van der Waals surface area contributed by atoms with Gasteiger partial charge in [0.1, 0.15) is 5.75 Å². The van der Waals surface area contributed by atoms with Crippen molar-refractivity contribution in [3.05, 3.63) is 64.2 Å². The van der Waals surface area contributed by atoms with Crippen LogP contribution in [0.15, 0.2) is 36.4 Å². The predicted octanol–water partition coefficient (Wildman–Crippen LogP) is 5.29. The summed E-state index contributed by atoms with van der Waals surface area (Å²) in [5, 5.41) is 2.84. The number of nitrogens with zero attached hydrogens (tertiary/aromatic N) is 1. The standard InChI is InChI=1S/C24H29F3N2O2/c1-16-17(2)22(31-3)12-11-20(16)21-6-4-5-14-29(21)15-13-28-23(30)18-7-9-19(10-8-18)24(25,26)27/h7-12,21H,4-6,13-15H2,1-3H3,(H,28,30). The van der Waals surface area contributed by atoms with Gasteiger partial charge in [0, 0.05) is 24.7 Å². The Hall–Kier alpha value is -2.54. The Labute approximate surface area is 181 Å². The fraction of sp³-hybridized carbons (Fsp3) is 0.458. The van der Waals surface area contributed by atoms with E-state index in [0.717, 1.165) is 49.3 Å². The smallest absolute Gasteiger partial charge is 0.416 e. The second-order valence-electron chi connectivity index (χ2n) is 7.99. The monoisotopic (exact) mass is 434 g/mol. The van der Waals surface area contributed by atoms with Crippen LogP contribution in [0.25, 0.3) is 0 Å². The van der Waals surface area contributed by atoms with Crippen LogP contribution >= 0.6 is 0 Å². The van der Waals surface area contributed by atoms with Crippen LogP contribution < -0.4 is 10.1 Å². The van der Waals surface area contributed by atoms with E-state index in [2.05, 4.69) is 30.1 Å². The van der Waals surface area contributed by atoms with Crippen molar-refractivity contribution in [3.8, 4) is 5.75 Å². The SMILES string of the molecule is COc1ccc(C2CCCCN2CCNC(=O)c2ccc(C(F)(F)F)cc2)c(C)c1C. The quantitative estimate of drug-likeness (QED) is 0.672. The summed E-state index contributed by atoms with van der Waals surface area (Å²) in [5.41, 5.74) is 3.12. The van der Waals surface area contributed by atoms with Gasteiger partial charge in [0.2, 0.25) is 0 Å². The highest BCUT2D eigenvalue weighted by atomic mass is 19.4. The number of halogens is 3. The van der Waals surface area contributed by atoms with Gasteiger partial charge in [0.05, 0.1) is 12.7 Å². The summed E-state index contributed by atoms with van der Waals surface area (Å²) in [4.78, 5) is 14.7. The molecule has 1 saturated heterocycles. The normalized spacial score (nSPS) is 17.4. The second-order valence-corrected chi connectivity index (χ2v) is 7.99. The van der Waals surface area contributed by atoms with Crippen molar-refractivity contribution in [1.82, 2.24) is 10.2 Å². The lowest BCUT2D eigenvalue weighted by atomic mass is 9.90. The van der Waals surface area contributed by atoms with Gasteiger partial charge in [0.25, 0.3) is 5.91 Å². The minimum absolute atomic E-state index is 0.227. The number of hydrogen-bond acceptors (Lipinski definition) is 3. The molecule has 2 aromatic rings. The van der Waals surface area contributed by atoms with Gasteiger partial charge in [-0.25, -0.2) is 0 Å². The zero-order valence-corrected chi connectivity index (χ0v) is 18.2. The minimum atomic E-state index is -4.41. The highest BCUT2D eigenvalue weighted by Gasteiger charge is 2.30. The maximum atomic E-state index is 12.7. The number of rotatable bonds is 6. The number of alkyl halides is 3. The summed E-state index contributed by atoms with van der Waals surface area (Å²) in [6.45, 7) is 6.25. The third-order valence-electron chi connectivity index (χ3n) is 6.13. The number of ether oxygens (including phenoxy) is 1. The van der Waals surface area contributed by atoms with Gasteiger partial charge >= 0.3 is 6.18 Å². The summed E-state index contributed by atoms with van der Waals surface area (Å²) < 4.78 is 43.5. The highest BCUT2D eigenvalue weighted by molar-refractivity contribution is 5.94. The van der Waals surface area contributed by atoms with Gasteiger partial charge in [-0.15, -0.1) is 0 Å². The maximum absolute atomic E-state index is 12.7. The molecule has 0 radical (unpaired) electrons. The van der Waals surface area contributed by atoms with E-state index in [0.29, 0.717) is 13.1 Å². The molecule has 1 aliphatic heterocycles. The molecule has 0 aliphatic carbocycles. The molecule has 1 aliphatic rings. The topological polar surface area (TPSA) is 41.6 Å². The second kappa shape index (κ2) is 9.73. The van der Waals surface area contributed by atoms with Crippen LogP contribution in [0.2, 0.25) is 0 Å². The summed E-state index contributed by atoms with van der Waals surface area (Å²) in [6.07, 6.45) is -1.09. The molecular weight excluding hydrogens is 405 g/mol. The Morgan fingerprint density at radius 1 is 1.10 bits per heavy atom. The Balaban J connectivity index is 1.62. The summed E-state index contributed by atoms with van der Waals surface area (Å²) in [5.74, 6) is 0.520. The fourth-order valence-electron chi connectivity index (χ4n) is 4.24. The Morgan fingerprint density at radius 3 is 2.45 bits per heavy atom. The van der Waals surface area contributed by atoms with Crippen LogP contribution in [0.4, 0.5) is 13.2 Å². The number of benzene rings is 2. The molecule has 0 spiro atoms. The van der Waals surface area contributed by atoms with E-state index in [4.69, 9.17) is 4.74 Å². The summed E-state index contributed by atoms with van der Waals surface area (Å²) >= 11 is 0.